The van der Waals surface area contributed by atoms with Gasteiger partial charge < -0.3 is 4.74 Å². The summed E-state index contributed by atoms with van der Waals surface area (Å²) in [4.78, 5) is 0. The second-order valence-corrected chi connectivity index (χ2v) is 5.60. The number of nitrogens with zero attached hydrogens (tertiary/aromatic N) is 1. The molecule has 0 radical (unpaired) electrons. The van der Waals surface area contributed by atoms with Crippen LogP contribution >= 0.6 is 15.9 Å². The van der Waals surface area contributed by atoms with Gasteiger partial charge in [0, 0.05) is 10.9 Å². The Labute approximate surface area is 118 Å². The minimum atomic E-state index is -0.215. The fourth-order valence-corrected chi connectivity index (χ4v) is 2.13. The number of rotatable bonds is 7. The molecule has 0 bridgehead atoms. The molecule has 0 aliphatic rings. The summed E-state index contributed by atoms with van der Waals surface area (Å²) in [6, 6.07) is 10.4. The van der Waals surface area contributed by atoms with Crippen LogP contribution in [-0.4, -0.2) is 6.61 Å². The van der Waals surface area contributed by atoms with Gasteiger partial charge in [-0.1, -0.05) is 34.1 Å². The molecule has 2 nitrogen and oxygen atoms in total. The minimum Gasteiger partial charge on any atom is -0.493 e. The van der Waals surface area contributed by atoms with Crippen LogP contribution in [0.2, 0.25) is 0 Å². The lowest BCUT2D eigenvalue weighted by molar-refractivity contribution is 0.293. The number of hydrogen-bond donors (Lipinski definition) is 0. The molecular formula is C15H20BrNO. The molecule has 0 aliphatic carbocycles. The summed E-state index contributed by atoms with van der Waals surface area (Å²) < 4.78 is 5.76. The fraction of sp³-hybridized carbons (Fsp3) is 0.533. The quantitative estimate of drug-likeness (QED) is 0.541. The van der Waals surface area contributed by atoms with Gasteiger partial charge in [-0.3, -0.25) is 0 Å². The van der Waals surface area contributed by atoms with E-state index >= 15 is 0 Å². The van der Waals surface area contributed by atoms with Gasteiger partial charge in [0.25, 0.3) is 0 Å². The maximum atomic E-state index is 8.91. The van der Waals surface area contributed by atoms with Crippen LogP contribution in [-0.2, 0) is 5.33 Å². The van der Waals surface area contributed by atoms with Crippen molar-refractivity contribution >= 4 is 15.9 Å². The second-order valence-electron chi connectivity index (χ2n) is 5.04. The average molecular weight is 310 g/mol. The van der Waals surface area contributed by atoms with Gasteiger partial charge in [-0.25, -0.2) is 0 Å². The molecule has 0 atom stereocenters. The highest BCUT2D eigenvalue weighted by atomic mass is 79.9. The first-order chi connectivity index (χ1) is 8.59. The zero-order chi connectivity index (χ0) is 13.4. The van der Waals surface area contributed by atoms with E-state index in [1.54, 1.807) is 0 Å². The summed E-state index contributed by atoms with van der Waals surface area (Å²) in [6.45, 7) is 4.67. The Kier molecular flexibility index (Phi) is 6.21. The Morgan fingerprint density at radius 1 is 1.28 bits per heavy atom. The van der Waals surface area contributed by atoms with E-state index in [9.17, 15) is 0 Å². The first kappa shape index (κ1) is 15.0. The zero-order valence-corrected chi connectivity index (χ0v) is 12.7. The maximum absolute atomic E-state index is 8.91. The van der Waals surface area contributed by atoms with Gasteiger partial charge in [0.05, 0.1) is 18.1 Å². The summed E-state index contributed by atoms with van der Waals surface area (Å²) in [5.41, 5.74) is 0.961. The Hall–Kier alpha value is -1.01. The van der Waals surface area contributed by atoms with Crippen molar-refractivity contribution in [3.8, 4) is 11.8 Å². The molecule has 0 unspecified atom stereocenters. The van der Waals surface area contributed by atoms with Crippen LogP contribution in [0.25, 0.3) is 0 Å². The highest BCUT2D eigenvalue weighted by molar-refractivity contribution is 9.08. The van der Waals surface area contributed by atoms with Gasteiger partial charge >= 0.3 is 0 Å². The van der Waals surface area contributed by atoms with Crippen molar-refractivity contribution in [1.29, 1.82) is 5.26 Å². The van der Waals surface area contributed by atoms with Crippen molar-refractivity contribution in [2.45, 2.75) is 38.4 Å². The number of ether oxygens (including phenoxy) is 1. The molecule has 0 aliphatic heterocycles. The molecule has 0 N–H and O–H groups in total. The lowest BCUT2D eigenvalue weighted by Gasteiger charge is -2.15. The molecule has 0 fully saturated rings. The van der Waals surface area contributed by atoms with Gasteiger partial charge in [0.1, 0.15) is 5.75 Å². The first-order valence-corrected chi connectivity index (χ1v) is 7.39. The molecule has 0 saturated carbocycles. The normalized spacial score (nSPS) is 11.0. The second kappa shape index (κ2) is 7.43. The number of unbranched alkanes of at least 4 members (excludes halogenated alkanes) is 1. The summed E-state index contributed by atoms with van der Waals surface area (Å²) >= 11 is 3.45. The number of para-hydroxylation sites is 1. The highest BCUT2D eigenvalue weighted by Gasteiger charge is 2.15. The molecule has 3 heteroatoms. The third-order valence-electron chi connectivity index (χ3n) is 2.87. The lowest BCUT2D eigenvalue weighted by Crippen LogP contribution is -2.08. The van der Waals surface area contributed by atoms with Crippen molar-refractivity contribution in [3.63, 3.8) is 0 Å². The summed E-state index contributed by atoms with van der Waals surface area (Å²) in [6.07, 6.45) is 2.94. The van der Waals surface area contributed by atoms with Crippen molar-refractivity contribution in [3.05, 3.63) is 29.8 Å². The van der Waals surface area contributed by atoms with Crippen LogP contribution in [0.5, 0.6) is 5.75 Å². The van der Waals surface area contributed by atoms with Gasteiger partial charge in [-0.05, 0) is 39.2 Å². The smallest absolute Gasteiger partial charge is 0.123 e. The van der Waals surface area contributed by atoms with Gasteiger partial charge in [-0.15, -0.1) is 0 Å². The number of hydrogen-bond acceptors (Lipinski definition) is 2. The Morgan fingerprint density at radius 2 is 2.00 bits per heavy atom. The van der Waals surface area contributed by atoms with E-state index in [1.165, 1.54) is 5.56 Å². The van der Waals surface area contributed by atoms with E-state index in [4.69, 9.17) is 10.00 Å². The largest absolute Gasteiger partial charge is 0.493 e. The van der Waals surface area contributed by atoms with E-state index in [-0.39, 0.29) is 5.41 Å². The SMILES string of the molecule is CC(C)(C#N)CCCCOc1ccccc1CBr. The van der Waals surface area contributed by atoms with Crippen molar-refractivity contribution in [1.82, 2.24) is 0 Å². The average Bonchev–Trinajstić information content (AvgIpc) is 2.38. The van der Waals surface area contributed by atoms with Crippen molar-refractivity contribution < 1.29 is 4.74 Å². The summed E-state index contributed by atoms with van der Waals surface area (Å²) in [5, 5.41) is 9.72. The van der Waals surface area contributed by atoms with Crippen LogP contribution in [0.1, 0.15) is 38.7 Å². The number of benzene rings is 1. The first-order valence-electron chi connectivity index (χ1n) is 6.27. The summed E-state index contributed by atoms with van der Waals surface area (Å²) in [5.74, 6) is 0.953. The molecule has 1 aromatic carbocycles. The van der Waals surface area contributed by atoms with E-state index in [0.717, 1.165) is 30.3 Å². The topological polar surface area (TPSA) is 33.0 Å². The molecule has 0 aromatic heterocycles. The van der Waals surface area contributed by atoms with Crippen LogP contribution in [0, 0.1) is 16.7 Å². The number of alkyl halides is 1. The lowest BCUT2D eigenvalue weighted by atomic mass is 9.89. The van der Waals surface area contributed by atoms with Crippen LogP contribution in [0.4, 0.5) is 0 Å². The Morgan fingerprint density at radius 3 is 2.67 bits per heavy atom. The molecular weight excluding hydrogens is 290 g/mol. The van der Waals surface area contributed by atoms with Gasteiger partial charge in [-0.2, -0.15) is 5.26 Å². The zero-order valence-electron chi connectivity index (χ0n) is 11.1. The monoisotopic (exact) mass is 309 g/mol. The molecule has 18 heavy (non-hydrogen) atoms. The maximum Gasteiger partial charge on any atom is 0.123 e. The van der Waals surface area contributed by atoms with Gasteiger partial charge in [0.15, 0.2) is 0 Å². The number of nitriles is 1. The minimum absolute atomic E-state index is 0.215. The predicted molar refractivity (Wildman–Crippen MR) is 77.8 cm³/mol. The third kappa shape index (κ3) is 5.10. The molecule has 0 amide bonds. The van der Waals surface area contributed by atoms with Crippen molar-refractivity contribution in [2.24, 2.45) is 5.41 Å². The molecule has 0 spiro atoms. The van der Waals surface area contributed by atoms with Gasteiger partial charge in [0.2, 0.25) is 0 Å². The van der Waals surface area contributed by atoms with E-state index < -0.39 is 0 Å². The standard InChI is InChI=1S/C15H20BrNO/c1-15(2,12-17)9-5-6-10-18-14-8-4-3-7-13(14)11-16/h3-4,7-8H,5-6,9-11H2,1-2H3. The Balaban J connectivity index is 2.28. The Bertz CT molecular complexity index is 409. The molecule has 0 heterocycles. The highest BCUT2D eigenvalue weighted by Crippen LogP contribution is 2.23. The molecule has 1 rings (SSSR count). The third-order valence-corrected chi connectivity index (χ3v) is 3.48. The van der Waals surface area contributed by atoms with E-state index in [1.807, 2.05) is 32.0 Å². The summed E-state index contributed by atoms with van der Waals surface area (Å²) in [7, 11) is 0. The van der Waals surface area contributed by atoms with Crippen LogP contribution in [0.3, 0.4) is 0 Å². The fourth-order valence-electron chi connectivity index (χ4n) is 1.66. The van der Waals surface area contributed by atoms with E-state index in [0.29, 0.717) is 6.61 Å². The number of halogens is 1. The van der Waals surface area contributed by atoms with E-state index in [2.05, 4.69) is 28.1 Å². The molecule has 1 aromatic rings. The molecule has 98 valence electrons. The van der Waals surface area contributed by atoms with Crippen LogP contribution < -0.4 is 4.74 Å². The predicted octanol–water partition coefficient (Wildman–Crippen LogP) is 4.68. The van der Waals surface area contributed by atoms with Crippen molar-refractivity contribution in [2.75, 3.05) is 6.61 Å². The molecule has 0 saturated heterocycles. The van der Waals surface area contributed by atoms with Crippen LogP contribution in [0.15, 0.2) is 24.3 Å².